The van der Waals surface area contributed by atoms with Gasteiger partial charge in [-0.05, 0) is 53.8 Å². The van der Waals surface area contributed by atoms with Gasteiger partial charge < -0.3 is 15.2 Å². The first-order valence-corrected chi connectivity index (χ1v) is 12.6. The molecule has 0 amide bonds. The number of nitrogens with one attached hydrogen (secondary N) is 2. The third-order valence-corrected chi connectivity index (χ3v) is 7.82. The van der Waals surface area contributed by atoms with Crippen LogP contribution in [0.1, 0.15) is 47.2 Å². The van der Waals surface area contributed by atoms with Gasteiger partial charge in [0.2, 0.25) is 0 Å². The van der Waals surface area contributed by atoms with E-state index in [1.54, 1.807) is 12.1 Å². The van der Waals surface area contributed by atoms with E-state index in [9.17, 15) is 10.1 Å². The van der Waals surface area contributed by atoms with Gasteiger partial charge in [-0.25, -0.2) is 0 Å². The standard InChI is InChI=1S/C27H24Cl2N4O2/c28-17-8-9-18(21(29)14-17)20-15-30-26(27-25(20)19-5-1-2-6-22(19)31-27)16-7-10-23(24(13-16)33(34)35)32-11-3-4-12-32/h1-2,5-10,13-14,20,26,30-31H,3-4,11-12,15H2/t20-,26+/m1/s1. The van der Waals surface area contributed by atoms with Crippen molar-refractivity contribution in [3.63, 3.8) is 0 Å². The van der Waals surface area contributed by atoms with Crippen molar-refractivity contribution in [2.45, 2.75) is 24.8 Å². The molecule has 2 aliphatic heterocycles. The lowest BCUT2D eigenvalue weighted by Gasteiger charge is -2.32. The number of fused-ring (bicyclic) bond motifs is 3. The smallest absolute Gasteiger partial charge is 0.292 e. The van der Waals surface area contributed by atoms with Gasteiger partial charge >= 0.3 is 0 Å². The van der Waals surface area contributed by atoms with Crippen molar-refractivity contribution in [1.82, 2.24) is 10.3 Å². The Morgan fingerprint density at radius 3 is 2.57 bits per heavy atom. The largest absolute Gasteiger partial charge is 0.366 e. The molecule has 2 atom stereocenters. The van der Waals surface area contributed by atoms with Crippen molar-refractivity contribution in [3.05, 3.63) is 103 Å². The molecule has 178 valence electrons. The van der Waals surface area contributed by atoms with E-state index in [-0.39, 0.29) is 22.6 Å². The second-order valence-corrected chi connectivity index (χ2v) is 10.1. The molecule has 1 saturated heterocycles. The highest BCUT2D eigenvalue weighted by Gasteiger charge is 2.34. The zero-order valence-electron chi connectivity index (χ0n) is 18.9. The number of rotatable bonds is 4. The van der Waals surface area contributed by atoms with Crippen LogP contribution in [0.3, 0.4) is 0 Å². The van der Waals surface area contributed by atoms with Crippen molar-refractivity contribution in [2.75, 3.05) is 24.5 Å². The van der Waals surface area contributed by atoms with E-state index < -0.39 is 0 Å². The van der Waals surface area contributed by atoms with Gasteiger partial charge in [0.1, 0.15) is 5.69 Å². The van der Waals surface area contributed by atoms with Crippen LogP contribution in [-0.4, -0.2) is 29.5 Å². The molecule has 4 aromatic rings. The van der Waals surface area contributed by atoms with Gasteiger partial charge in [-0.2, -0.15) is 0 Å². The monoisotopic (exact) mass is 506 g/mol. The molecule has 6 nitrogen and oxygen atoms in total. The molecule has 0 aliphatic carbocycles. The molecular formula is C27H24Cl2N4O2. The number of H-pyrrole nitrogens is 1. The lowest BCUT2D eigenvalue weighted by Crippen LogP contribution is -2.34. The fraction of sp³-hybridized carbons (Fsp3) is 0.259. The number of nitrogens with zero attached hydrogens (tertiary/aromatic N) is 2. The van der Waals surface area contributed by atoms with Gasteiger partial charge in [0.25, 0.3) is 5.69 Å². The third kappa shape index (κ3) is 3.86. The molecule has 1 fully saturated rings. The summed E-state index contributed by atoms with van der Waals surface area (Å²) in [7, 11) is 0. The van der Waals surface area contributed by atoms with Gasteiger partial charge in [0.15, 0.2) is 0 Å². The minimum Gasteiger partial charge on any atom is -0.366 e. The highest BCUT2D eigenvalue weighted by Crippen LogP contribution is 2.44. The van der Waals surface area contributed by atoms with Crippen LogP contribution in [0.2, 0.25) is 10.0 Å². The second-order valence-electron chi connectivity index (χ2n) is 9.26. The average Bonchev–Trinajstić information content (AvgIpc) is 3.52. The van der Waals surface area contributed by atoms with E-state index in [1.807, 2.05) is 36.4 Å². The van der Waals surface area contributed by atoms with Gasteiger partial charge in [0, 0.05) is 58.3 Å². The van der Waals surface area contributed by atoms with E-state index >= 15 is 0 Å². The van der Waals surface area contributed by atoms with E-state index in [0.717, 1.165) is 53.7 Å². The molecule has 0 spiro atoms. The maximum absolute atomic E-state index is 12.0. The van der Waals surface area contributed by atoms with E-state index in [2.05, 4.69) is 27.3 Å². The fourth-order valence-electron chi connectivity index (χ4n) is 5.65. The molecule has 8 heteroatoms. The van der Waals surface area contributed by atoms with Crippen LogP contribution in [-0.2, 0) is 0 Å². The first-order valence-electron chi connectivity index (χ1n) is 11.8. The maximum Gasteiger partial charge on any atom is 0.292 e. The molecule has 35 heavy (non-hydrogen) atoms. The summed E-state index contributed by atoms with van der Waals surface area (Å²) < 4.78 is 0. The number of hydrogen-bond acceptors (Lipinski definition) is 4. The van der Waals surface area contributed by atoms with Crippen molar-refractivity contribution in [3.8, 4) is 0 Å². The summed E-state index contributed by atoms with van der Waals surface area (Å²) in [6.07, 6.45) is 2.13. The van der Waals surface area contributed by atoms with Crippen LogP contribution in [0.5, 0.6) is 0 Å². The van der Waals surface area contributed by atoms with Gasteiger partial charge in [-0.15, -0.1) is 0 Å². The molecule has 3 aromatic carbocycles. The lowest BCUT2D eigenvalue weighted by atomic mass is 9.83. The molecule has 2 N–H and O–H groups in total. The predicted octanol–water partition coefficient (Wildman–Crippen LogP) is 6.81. The van der Waals surface area contributed by atoms with Crippen LogP contribution < -0.4 is 10.2 Å². The van der Waals surface area contributed by atoms with Crippen molar-refractivity contribution in [1.29, 1.82) is 0 Å². The summed E-state index contributed by atoms with van der Waals surface area (Å²) >= 11 is 12.8. The highest BCUT2D eigenvalue weighted by atomic mass is 35.5. The molecule has 1 aromatic heterocycles. The Balaban J connectivity index is 1.48. The number of aromatic nitrogens is 1. The first-order chi connectivity index (χ1) is 17.0. The van der Waals surface area contributed by atoms with E-state index in [0.29, 0.717) is 22.3 Å². The summed E-state index contributed by atoms with van der Waals surface area (Å²) in [6.45, 7) is 2.36. The molecular weight excluding hydrogens is 483 g/mol. The molecule has 0 unspecified atom stereocenters. The summed E-state index contributed by atoms with van der Waals surface area (Å²) in [5.74, 6) is 0.0148. The number of hydrogen-bond donors (Lipinski definition) is 2. The number of benzene rings is 3. The van der Waals surface area contributed by atoms with Crippen LogP contribution in [0.25, 0.3) is 10.9 Å². The minimum atomic E-state index is -0.262. The normalized spacial score (nSPS) is 19.8. The van der Waals surface area contributed by atoms with Crippen molar-refractivity contribution in [2.24, 2.45) is 0 Å². The second kappa shape index (κ2) is 8.86. The number of nitro groups is 1. The van der Waals surface area contributed by atoms with Crippen LogP contribution in [0, 0.1) is 10.1 Å². The maximum atomic E-state index is 12.0. The summed E-state index contributed by atoms with van der Waals surface area (Å²) in [4.78, 5) is 17.5. The van der Waals surface area contributed by atoms with E-state index in [1.165, 1.54) is 5.56 Å². The predicted molar refractivity (Wildman–Crippen MR) is 141 cm³/mol. The Labute approximate surface area is 213 Å². The summed E-state index contributed by atoms with van der Waals surface area (Å²) in [5.41, 5.74) is 5.94. The van der Waals surface area contributed by atoms with Crippen LogP contribution in [0.4, 0.5) is 11.4 Å². The zero-order chi connectivity index (χ0) is 24.1. The molecule has 0 radical (unpaired) electrons. The number of halogens is 2. The van der Waals surface area contributed by atoms with E-state index in [4.69, 9.17) is 23.2 Å². The Hall–Kier alpha value is -3.06. The molecule has 2 aliphatic rings. The molecule has 6 rings (SSSR count). The number of anilines is 1. The van der Waals surface area contributed by atoms with Crippen LogP contribution in [0.15, 0.2) is 60.7 Å². The topological polar surface area (TPSA) is 74.2 Å². The minimum absolute atomic E-state index is 0.0148. The Bertz CT molecular complexity index is 1440. The SMILES string of the molecule is O=[N+]([O-])c1cc([C@@H]2NC[C@H](c3ccc(Cl)cc3Cl)c3c2[nH]c2ccccc32)ccc1N1CCCC1. The molecule has 0 saturated carbocycles. The van der Waals surface area contributed by atoms with Crippen LogP contribution >= 0.6 is 23.2 Å². The third-order valence-electron chi connectivity index (χ3n) is 7.25. The first kappa shape index (κ1) is 22.4. The molecule has 0 bridgehead atoms. The summed E-state index contributed by atoms with van der Waals surface area (Å²) in [6, 6.07) is 19.3. The Kier molecular flexibility index (Phi) is 5.67. The van der Waals surface area contributed by atoms with Gasteiger partial charge in [0.05, 0.1) is 11.0 Å². The molecule has 3 heterocycles. The fourth-order valence-corrected chi connectivity index (χ4v) is 6.19. The zero-order valence-corrected chi connectivity index (χ0v) is 20.4. The summed E-state index contributed by atoms with van der Waals surface area (Å²) in [5, 5.41) is 18.0. The van der Waals surface area contributed by atoms with Gasteiger partial charge in [-0.3, -0.25) is 10.1 Å². The highest BCUT2D eigenvalue weighted by molar-refractivity contribution is 6.35. The Morgan fingerprint density at radius 1 is 1.00 bits per heavy atom. The number of para-hydroxylation sites is 1. The number of aromatic amines is 1. The Morgan fingerprint density at radius 2 is 1.80 bits per heavy atom. The van der Waals surface area contributed by atoms with Crippen molar-refractivity contribution < 1.29 is 4.92 Å². The van der Waals surface area contributed by atoms with Crippen molar-refractivity contribution >= 4 is 45.5 Å². The lowest BCUT2D eigenvalue weighted by molar-refractivity contribution is -0.384. The average molecular weight is 507 g/mol. The van der Waals surface area contributed by atoms with Gasteiger partial charge in [-0.1, -0.05) is 53.5 Å². The number of nitro benzene ring substituents is 1. The quantitative estimate of drug-likeness (QED) is 0.235.